The summed E-state index contributed by atoms with van der Waals surface area (Å²) in [6.45, 7) is 0.615. The summed E-state index contributed by atoms with van der Waals surface area (Å²) in [6, 6.07) is 0. The average molecular weight is 394 g/mol. The SMILES string of the molecule is CC(C)(O)C#C[C]12[CH]3[CH]4[CH]5[CH]1[Fe]45321678[CH]2[CH]1[CH]6[C]7(I)[CH]28. The third-order valence-corrected chi connectivity index (χ3v) is 67.7. The molecule has 10 fully saturated rings. The number of halogens is 1. The summed E-state index contributed by atoms with van der Waals surface area (Å²) < 4.78 is 1.55. The van der Waals surface area contributed by atoms with Gasteiger partial charge in [-0.25, -0.2) is 0 Å². The monoisotopic (exact) mass is 394 g/mol. The normalized spacial score (nSPS) is 118. The van der Waals surface area contributed by atoms with Crippen LogP contribution in [-0.4, -0.2) is 13.0 Å². The second-order valence-corrected chi connectivity index (χ2v) is 37.4. The van der Waals surface area contributed by atoms with Gasteiger partial charge in [-0.1, -0.05) is 0 Å². The molecule has 0 aliphatic carbocycles. The molecule has 10 saturated heterocycles. The van der Waals surface area contributed by atoms with E-state index in [2.05, 4.69) is 34.4 Å². The molecular weight excluding hydrogens is 379 g/mol. The Labute approximate surface area is 110 Å². The number of hydrogen-bond donors (Lipinski definition) is 1. The molecule has 10 heterocycles. The first-order chi connectivity index (χ1) is 8.14. The standard InChI is InChI=1S/C10H11O.C5H4I.Fe/c1-10(2,11)8-7-9-5-3-4-6-9;6-5-3-1-2-4-5;/h3-6,11H,1-2H3;1-4H;. The topological polar surface area (TPSA) is 20.2 Å². The Bertz CT molecular complexity index is 1130. The quantitative estimate of drug-likeness (QED) is 0.287. The predicted octanol–water partition coefficient (Wildman–Crippen LogP) is 3.86. The molecule has 0 saturated carbocycles. The third-order valence-electron chi connectivity index (χ3n) is 15.2. The Hall–Kier alpha value is 0.769. The van der Waals surface area contributed by atoms with E-state index >= 15 is 0 Å². The van der Waals surface area contributed by atoms with Crippen molar-refractivity contribution < 1.29 is 11.6 Å². The second-order valence-electron chi connectivity index (χ2n) is 11.5. The number of rotatable bonds is 0. The van der Waals surface area contributed by atoms with Gasteiger partial charge in [-0.05, 0) is 0 Å². The van der Waals surface area contributed by atoms with E-state index in [1.807, 2.05) is 13.8 Å². The number of aliphatic hydroxyl groups is 1. The summed E-state index contributed by atoms with van der Waals surface area (Å²) in [5, 5.41) is 10.0. The van der Waals surface area contributed by atoms with Gasteiger partial charge in [-0.3, -0.25) is 0 Å². The number of alkyl halides is 1. The molecule has 0 aromatic carbocycles. The van der Waals surface area contributed by atoms with E-state index in [1.165, 1.54) is 38.5 Å². The van der Waals surface area contributed by atoms with Gasteiger partial charge >= 0.3 is 111 Å². The van der Waals surface area contributed by atoms with Gasteiger partial charge < -0.3 is 0 Å². The molecule has 3 heteroatoms. The molecule has 1 nitrogen and oxygen atoms in total. The van der Waals surface area contributed by atoms with Crippen LogP contribution in [0, 0.1) is 11.8 Å². The van der Waals surface area contributed by atoms with Gasteiger partial charge in [0.2, 0.25) is 0 Å². The van der Waals surface area contributed by atoms with Crippen LogP contribution in [0.25, 0.3) is 0 Å². The molecule has 10 aliphatic rings. The van der Waals surface area contributed by atoms with E-state index in [0.29, 0.717) is 4.31 Å². The Morgan fingerprint density at radius 2 is 1.56 bits per heavy atom. The summed E-state index contributed by atoms with van der Waals surface area (Å²) in [4.78, 5) is 10.3. The molecule has 0 bridgehead atoms. The number of fused-ring (bicyclic) bond motifs is 10. The Balaban J connectivity index is 1.56. The molecule has 10 rings (SSSR count). The van der Waals surface area contributed by atoms with E-state index in [0.717, 1.165) is 2.32 Å². The van der Waals surface area contributed by atoms with Crippen LogP contribution in [0.3, 0.4) is 0 Å². The van der Waals surface area contributed by atoms with Crippen molar-refractivity contribution in [2.75, 3.05) is 0 Å². The van der Waals surface area contributed by atoms with Crippen molar-refractivity contribution in [2.45, 2.75) is 64.6 Å². The molecule has 0 radical (unpaired) electrons. The molecule has 1 N–H and O–H groups in total. The Kier molecular flexibility index (Phi) is 0.265. The summed E-state index contributed by atoms with van der Waals surface area (Å²) in [6.07, 6.45) is 0. The van der Waals surface area contributed by atoms with Gasteiger partial charge in [0.25, 0.3) is 0 Å². The van der Waals surface area contributed by atoms with Crippen molar-refractivity contribution in [2.24, 2.45) is 0 Å². The fourth-order valence-corrected chi connectivity index (χ4v) is 108. The van der Waals surface area contributed by atoms with E-state index in [4.69, 9.17) is 0 Å². The maximum absolute atomic E-state index is 10.0. The van der Waals surface area contributed by atoms with E-state index in [1.54, 1.807) is 0 Å². The molecule has 1 spiro atoms. The fourth-order valence-electron chi connectivity index (χ4n) is 16.8. The van der Waals surface area contributed by atoms with Crippen LogP contribution in [0.2, 0.25) is 42.8 Å². The first-order valence-electron chi connectivity index (χ1n) is 7.30. The molecule has 0 amide bonds. The zero-order valence-electron chi connectivity index (χ0n) is 10.3. The minimum atomic E-state index is -3.12. The average Bonchev–Trinajstić information content (AvgIpc) is 3.19. The van der Waals surface area contributed by atoms with Crippen LogP contribution in [0.4, 0.5) is 0 Å². The van der Waals surface area contributed by atoms with Crippen LogP contribution in [0.1, 0.15) is 13.8 Å². The fraction of sp³-hybridized carbons (Fsp3) is 0.867. The second kappa shape index (κ2) is 0.620. The summed E-state index contributed by atoms with van der Waals surface area (Å²) in [7, 11) is 0. The summed E-state index contributed by atoms with van der Waals surface area (Å²) >= 11 is 3.00. The molecule has 8 unspecified atom stereocenters. The molecule has 8 atom stereocenters. The van der Waals surface area contributed by atoms with Crippen molar-refractivity contribution in [3.8, 4) is 11.8 Å². The van der Waals surface area contributed by atoms with Crippen LogP contribution >= 0.6 is 22.6 Å². The first-order valence-corrected chi connectivity index (χ1v) is 14.6. The molecule has 18 heavy (non-hydrogen) atoms. The van der Waals surface area contributed by atoms with Crippen molar-refractivity contribution in [1.29, 1.82) is 0 Å². The maximum atomic E-state index is 10.0. The van der Waals surface area contributed by atoms with Crippen LogP contribution < -0.4 is 0 Å². The van der Waals surface area contributed by atoms with Gasteiger partial charge in [0.15, 0.2) is 0 Å². The Morgan fingerprint density at radius 3 is 1.78 bits per heavy atom. The van der Waals surface area contributed by atoms with Crippen LogP contribution in [0.15, 0.2) is 0 Å². The number of hydrogen-bond acceptors (Lipinski definition) is 1. The molecular formula is C15H15FeIO. The third kappa shape index (κ3) is 0.0763. The van der Waals surface area contributed by atoms with Crippen molar-refractivity contribution in [1.82, 2.24) is 0 Å². The van der Waals surface area contributed by atoms with E-state index < -0.39 is 12.1 Å². The van der Waals surface area contributed by atoms with Crippen LogP contribution in [0.5, 0.6) is 0 Å². The van der Waals surface area contributed by atoms with E-state index in [9.17, 15) is 5.11 Å². The molecule has 0 aromatic rings. The van der Waals surface area contributed by atoms with Crippen LogP contribution in [-0.2, 0) is 6.51 Å². The van der Waals surface area contributed by atoms with Gasteiger partial charge in [0.1, 0.15) is 0 Å². The molecule has 10 aliphatic heterocycles. The van der Waals surface area contributed by atoms with E-state index in [-0.39, 0.29) is 0 Å². The van der Waals surface area contributed by atoms with Gasteiger partial charge in [0.05, 0.1) is 0 Å². The molecule has 96 valence electrons. The minimum absolute atomic E-state index is 0.635. The van der Waals surface area contributed by atoms with Crippen molar-refractivity contribution >= 4 is 22.6 Å². The summed E-state index contributed by atoms with van der Waals surface area (Å²) in [5.41, 5.74) is -0.764. The zero-order chi connectivity index (χ0) is 11.8. The van der Waals surface area contributed by atoms with Gasteiger partial charge in [-0.2, -0.15) is 0 Å². The van der Waals surface area contributed by atoms with Gasteiger partial charge in [-0.15, -0.1) is 0 Å². The van der Waals surface area contributed by atoms with Crippen molar-refractivity contribution in [3.05, 3.63) is 0 Å². The summed E-state index contributed by atoms with van der Waals surface area (Å²) in [5.74, 6) is 7.13. The first kappa shape index (κ1) is 7.69. The zero-order valence-corrected chi connectivity index (χ0v) is 13.6. The van der Waals surface area contributed by atoms with Gasteiger partial charge in [0, 0.05) is 0 Å². The van der Waals surface area contributed by atoms with Crippen molar-refractivity contribution in [3.63, 3.8) is 0 Å². The Morgan fingerprint density at radius 1 is 1.06 bits per heavy atom. The molecule has 0 aromatic heterocycles. The predicted molar refractivity (Wildman–Crippen MR) is 73.5 cm³/mol.